The second-order valence-corrected chi connectivity index (χ2v) is 7.13. The fourth-order valence-corrected chi connectivity index (χ4v) is 4.12. The van der Waals surface area contributed by atoms with Gasteiger partial charge < -0.3 is 5.73 Å². The maximum Gasteiger partial charge on any atom is 0.243 e. The molecule has 0 saturated heterocycles. The number of nitrogens with zero attached hydrogens (tertiary/aromatic N) is 1. The summed E-state index contributed by atoms with van der Waals surface area (Å²) in [5.74, 6) is 0. The van der Waals surface area contributed by atoms with Crippen LogP contribution in [0.4, 0.5) is 5.69 Å². The lowest BCUT2D eigenvalue weighted by Crippen LogP contribution is -2.35. The molecule has 0 unspecified atom stereocenters. The van der Waals surface area contributed by atoms with Crippen molar-refractivity contribution in [1.82, 2.24) is 4.31 Å². The second-order valence-electron chi connectivity index (χ2n) is 4.82. The van der Waals surface area contributed by atoms with Gasteiger partial charge in [0, 0.05) is 13.1 Å². The van der Waals surface area contributed by atoms with E-state index in [1.54, 1.807) is 13.0 Å². The van der Waals surface area contributed by atoms with Crippen molar-refractivity contribution in [2.75, 3.05) is 18.8 Å². The van der Waals surface area contributed by atoms with E-state index >= 15 is 0 Å². The first-order chi connectivity index (χ1) is 8.82. The third kappa shape index (κ3) is 2.78. The largest absolute Gasteiger partial charge is 0.397 e. The maximum absolute atomic E-state index is 12.6. The predicted molar refractivity (Wildman–Crippen MR) is 77.7 cm³/mol. The van der Waals surface area contributed by atoms with Crippen molar-refractivity contribution in [3.8, 4) is 0 Å². The molecule has 1 aromatic rings. The molecule has 1 heterocycles. The van der Waals surface area contributed by atoms with Crippen LogP contribution in [0.15, 0.2) is 28.7 Å². The zero-order valence-corrected chi connectivity index (χ0v) is 12.6. The Morgan fingerprint density at radius 3 is 2.63 bits per heavy atom. The summed E-state index contributed by atoms with van der Waals surface area (Å²) < 4.78 is 26.7. The third-order valence-corrected chi connectivity index (χ3v) is 5.52. The minimum atomic E-state index is -3.51. The molecule has 1 aliphatic heterocycles. The van der Waals surface area contributed by atoms with Crippen molar-refractivity contribution >= 4 is 27.3 Å². The highest BCUT2D eigenvalue weighted by atomic mass is 35.5. The number of benzene rings is 1. The summed E-state index contributed by atoms with van der Waals surface area (Å²) in [6.45, 7) is 4.60. The van der Waals surface area contributed by atoms with E-state index in [9.17, 15) is 8.42 Å². The molecule has 0 amide bonds. The Morgan fingerprint density at radius 2 is 2.00 bits per heavy atom. The lowest BCUT2D eigenvalue weighted by molar-refractivity contribution is 0.427. The quantitative estimate of drug-likeness (QED) is 0.674. The van der Waals surface area contributed by atoms with Gasteiger partial charge in [-0.25, -0.2) is 8.42 Å². The van der Waals surface area contributed by atoms with Gasteiger partial charge in [-0.2, -0.15) is 4.31 Å². The van der Waals surface area contributed by atoms with E-state index < -0.39 is 10.0 Å². The highest BCUT2D eigenvalue weighted by Gasteiger charge is 2.27. The molecule has 0 fully saturated rings. The molecular formula is C13H17ClN2O2S. The molecule has 0 aromatic heterocycles. The average molecular weight is 301 g/mol. The second kappa shape index (κ2) is 5.15. The lowest BCUT2D eigenvalue weighted by atomic mass is 10.2. The van der Waals surface area contributed by atoms with E-state index in [1.165, 1.54) is 10.4 Å². The molecule has 4 nitrogen and oxygen atoms in total. The Labute approximate surface area is 118 Å². The monoisotopic (exact) mass is 300 g/mol. The summed E-state index contributed by atoms with van der Waals surface area (Å²) in [4.78, 5) is 0.240. The standard InChI is InChI=1S/C13H17ClN2O2S/c1-9-4-3-5-16(8-9)19(17,18)13-7-12(15)11(14)6-10(13)2/h4,6-7H,3,5,8,15H2,1-2H3. The molecule has 2 rings (SSSR count). The molecular weight excluding hydrogens is 284 g/mol. The van der Waals surface area contributed by atoms with Gasteiger partial charge in [-0.3, -0.25) is 0 Å². The Morgan fingerprint density at radius 1 is 1.32 bits per heavy atom. The molecule has 0 radical (unpaired) electrons. The van der Waals surface area contributed by atoms with Crippen LogP contribution in [0.5, 0.6) is 0 Å². The van der Waals surface area contributed by atoms with Crippen LogP contribution in [0.2, 0.25) is 5.02 Å². The topological polar surface area (TPSA) is 63.4 Å². The summed E-state index contributed by atoms with van der Waals surface area (Å²) >= 11 is 5.90. The first kappa shape index (κ1) is 14.4. The first-order valence-electron chi connectivity index (χ1n) is 6.04. The Kier molecular flexibility index (Phi) is 3.90. The predicted octanol–water partition coefficient (Wildman–Crippen LogP) is 2.57. The van der Waals surface area contributed by atoms with Crippen molar-refractivity contribution in [2.24, 2.45) is 0 Å². The van der Waals surface area contributed by atoms with Gasteiger partial charge in [0.25, 0.3) is 0 Å². The van der Waals surface area contributed by atoms with Gasteiger partial charge in [0.2, 0.25) is 10.0 Å². The van der Waals surface area contributed by atoms with Gasteiger partial charge in [0.1, 0.15) is 0 Å². The number of halogens is 1. The molecule has 104 valence electrons. The molecule has 1 aromatic carbocycles. The van der Waals surface area contributed by atoms with Gasteiger partial charge in [-0.15, -0.1) is 0 Å². The summed E-state index contributed by atoms with van der Waals surface area (Å²) in [6.07, 6.45) is 2.81. The van der Waals surface area contributed by atoms with E-state index in [4.69, 9.17) is 17.3 Å². The molecule has 19 heavy (non-hydrogen) atoms. The van der Waals surface area contributed by atoms with E-state index in [1.807, 2.05) is 6.92 Å². The Hall–Kier alpha value is -1.04. The van der Waals surface area contributed by atoms with E-state index in [0.29, 0.717) is 23.7 Å². The highest BCUT2D eigenvalue weighted by molar-refractivity contribution is 7.89. The van der Waals surface area contributed by atoms with Crippen LogP contribution in [0.3, 0.4) is 0 Å². The first-order valence-corrected chi connectivity index (χ1v) is 7.85. The van der Waals surface area contributed by atoms with Crippen LogP contribution < -0.4 is 5.73 Å². The number of aryl methyl sites for hydroxylation is 1. The van der Waals surface area contributed by atoms with Crippen molar-refractivity contribution in [3.05, 3.63) is 34.4 Å². The van der Waals surface area contributed by atoms with Crippen LogP contribution in [0, 0.1) is 6.92 Å². The minimum absolute atomic E-state index is 0.240. The molecule has 0 aliphatic carbocycles. The molecule has 0 bridgehead atoms. The van der Waals surface area contributed by atoms with Crippen LogP contribution >= 0.6 is 11.6 Å². The maximum atomic E-state index is 12.6. The molecule has 0 spiro atoms. The minimum Gasteiger partial charge on any atom is -0.397 e. The van der Waals surface area contributed by atoms with Gasteiger partial charge in [-0.05, 0) is 38.0 Å². The average Bonchev–Trinajstić information content (AvgIpc) is 2.33. The summed E-state index contributed by atoms with van der Waals surface area (Å²) in [7, 11) is -3.51. The van der Waals surface area contributed by atoms with Gasteiger partial charge >= 0.3 is 0 Å². The van der Waals surface area contributed by atoms with Crippen LogP contribution in [0.25, 0.3) is 0 Å². The summed E-state index contributed by atoms with van der Waals surface area (Å²) in [5, 5.41) is 0.381. The molecule has 6 heteroatoms. The number of sulfonamides is 1. The molecule has 2 N–H and O–H groups in total. The lowest BCUT2D eigenvalue weighted by Gasteiger charge is -2.26. The zero-order valence-electron chi connectivity index (χ0n) is 11.0. The van der Waals surface area contributed by atoms with Crippen LogP contribution in [-0.4, -0.2) is 25.8 Å². The van der Waals surface area contributed by atoms with Gasteiger partial charge in [0.05, 0.1) is 15.6 Å². The fourth-order valence-electron chi connectivity index (χ4n) is 2.17. The number of hydrogen-bond donors (Lipinski definition) is 1. The van der Waals surface area contributed by atoms with Crippen molar-refractivity contribution in [2.45, 2.75) is 25.2 Å². The molecule has 1 aliphatic rings. The normalized spacial score (nSPS) is 17.3. The third-order valence-electron chi connectivity index (χ3n) is 3.21. The smallest absolute Gasteiger partial charge is 0.243 e. The van der Waals surface area contributed by atoms with Crippen molar-refractivity contribution in [3.63, 3.8) is 0 Å². The molecule has 0 atom stereocenters. The number of anilines is 1. The Balaban J connectivity index is 2.45. The van der Waals surface area contributed by atoms with Crippen molar-refractivity contribution in [1.29, 1.82) is 0 Å². The SMILES string of the molecule is CC1=CCCN(S(=O)(=O)c2cc(N)c(Cl)cc2C)C1. The summed E-state index contributed by atoms with van der Waals surface area (Å²) in [6, 6.07) is 3.04. The zero-order chi connectivity index (χ0) is 14.2. The van der Waals surface area contributed by atoms with Gasteiger partial charge in [-0.1, -0.05) is 23.3 Å². The fraction of sp³-hybridized carbons (Fsp3) is 0.385. The number of rotatable bonds is 2. The Bertz CT molecular complexity index is 638. The van der Waals surface area contributed by atoms with E-state index in [-0.39, 0.29) is 10.6 Å². The van der Waals surface area contributed by atoms with E-state index in [0.717, 1.165) is 12.0 Å². The van der Waals surface area contributed by atoms with Crippen LogP contribution in [-0.2, 0) is 10.0 Å². The van der Waals surface area contributed by atoms with Crippen LogP contribution in [0.1, 0.15) is 18.9 Å². The number of hydrogen-bond acceptors (Lipinski definition) is 3. The molecule has 0 saturated carbocycles. The van der Waals surface area contributed by atoms with Gasteiger partial charge in [0.15, 0.2) is 0 Å². The van der Waals surface area contributed by atoms with Crippen molar-refractivity contribution < 1.29 is 8.42 Å². The number of nitrogens with two attached hydrogens (primary N) is 1. The van der Waals surface area contributed by atoms with E-state index in [2.05, 4.69) is 6.08 Å². The summed E-state index contributed by atoms with van der Waals surface area (Å²) in [5.41, 5.74) is 7.69. The number of nitrogen functional groups attached to an aromatic ring is 1. The highest BCUT2D eigenvalue weighted by Crippen LogP contribution is 2.29.